The summed E-state index contributed by atoms with van der Waals surface area (Å²) in [4.78, 5) is 0. The van der Waals surface area contributed by atoms with Crippen molar-refractivity contribution in [2.24, 2.45) is 0 Å². The minimum atomic E-state index is 0.549. The molecule has 1 heterocycles. The van der Waals surface area contributed by atoms with Gasteiger partial charge in [-0.3, -0.25) is 0 Å². The van der Waals surface area contributed by atoms with Gasteiger partial charge < -0.3 is 10.6 Å². The Hall–Kier alpha value is -0.860. The second-order valence-electron chi connectivity index (χ2n) is 4.53. The molecular weight excluding hydrogens is 184 g/mol. The molecule has 0 bridgehead atoms. The molecule has 0 saturated carbocycles. The monoisotopic (exact) mass is 204 g/mol. The van der Waals surface area contributed by atoms with Gasteiger partial charge in [0.1, 0.15) is 0 Å². The zero-order valence-electron chi connectivity index (χ0n) is 9.59. The van der Waals surface area contributed by atoms with Crippen LogP contribution in [0.4, 0.5) is 0 Å². The first-order valence-electron chi connectivity index (χ1n) is 5.82. The molecule has 2 rings (SSSR count). The Balaban J connectivity index is 1.90. The van der Waals surface area contributed by atoms with Crippen molar-refractivity contribution in [2.45, 2.75) is 38.9 Å². The lowest BCUT2D eigenvalue weighted by Crippen LogP contribution is -2.26. The third kappa shape index (κ3) is 2.58. The van der Waals surface area contributed by atoms with Crippen molar-refractivity contribution in [1.29, 1.82) is 0 Å². The van der Waals surface area contributed by atoms with Crippen LogP contribution < -0.4 is 10.6 Å². The molecule has 0 aromatic heterocycles. The van der Waals surface area contributed by atoms with Crippen LogP contribution in [-0.4, -0.2) is 12.6 Å². The minimum Gasteiger partial charge on any atom is -0.314 e. The summed E-state index contributed by atoms with van der Waals surface area (Å²) >= 11 is 0. The van der Waals surface area contributed by atoms with E-state index >= 15 is 0 Å². The fraction of sp³-hybridized carbons (Fsp3) is 0.538. The molecule has 82 valence electrons. The molecule has 0 saturated heterocycles. The first-order chi connectivity index (χ1) is 7.27. The highest BCUT2D eigenvalue weighted by molar-refractivity contribution is 5.33. The fourth-order valence-electron chi connectivity index (χ4n) is 2.15. The van der Waals surface area contributed by atoms with Gasteiger partial charge in [0.25, 0.3) is 0 Å². The lowest BCUT2D eigenvalue weighted by Gasteiger charge is -2.14. The molecule has 0 amide bonds. The standard InChI is InChI=1S/C13H20N2/c1-10(2)14-8-7-13-12-6-4-3-5-11(12)9-15-13/h3-6,10,13-15H,7-9H2,1-2H3. The van der Waals surface area contributed by atoms with E-state index in [1.165, 1.54) is 17.5 Å². The van der Waals surface area contributed by atoms with E-state index in [4.69, 9.17) is 0 Å². The highest BCUT2D eigenvalue weighted by Gasteiger charge is 2.20. The molecule has 0 spiro atoms. The van der Waals surface area contributed by atoms with Crippen LogP contribution >= 0.6 is 0 Å². The molecule has 1 unspecified atom stereocenters. The van der Waals surface area contributed by atoms with Crippen LogP contribution in [0.25, 0.3) is 0 Å². The van der Waals surface area contributed by atoms with Gasteiger partial charge in [0.15, 0.2) is 0 Å². The lowest BCUT2D eigenvalue weighted by atomic mass is 10.0. The Kier molecular flexibility index (Phi) is 3.39. The normalized spacial score (nSPS) is 19.5. The topological polar surface area (TPSA) is 24.1 Å². The van der Waals surface area contributed by atoms with E-state index in [0.717, 1.165) is 13.1 Å². The summed E-state index contributed by atoms with van der Waals surface area (Å²) in [6.07, 6.45) is 1.18. The minimum absolute atomic E-state index is 0.549. The Labute approximate surface area is 92.1 Å². The third-order valence-corrected chi connectivity index (χ3v) is 2.96. The van der Waals surface area contributed by atoms with Crippen LogP contribution in [0.2, 0.25) is 0 Å². The molecular formula is C13H20N2. The summed E-state index contributed by atoms with van der Waals surface area (Å²) in [5.41, 5.74) is 2.95. The van der Waals surface area contributed by atoms with Gasteiger partial charge in [0.05, 0.1) is 0 Å². The van der Waals surface area contributed by atoms with Gasteiger partial charge in [-0.2, -0.15) is 0 Å². The third-order valence-electron chi connectivity index (χ3n) is 2.96. The van der Waals surface area contributed by atoms with E-state index in [0.29, 0.717) is 12.1 Å². The van der Waals surface area contributed by atoms with Gasteiger partial charge in [0, 0.05) is 18.6 Å². The summed E-state index contributed by atoms with van der Waals surface area (Å²) in [5, 5.41) is 7.02. The van der Waals surface area contributed by atoms with E-state index < -0.39 is 0 Å². The number of hydrogen-bond donors (Lipinski definition) is 2. The first kappa shape index (κ1) is 10.7. The predicted octanol–water partition coefficient (Wildman–Crippen LogP) is 2.22. The highest BCUT2D eigenvalue weighted by Crippen LogP contribution is 2.26. The Morgan fingerprint density at radius 2 is 2.20 bits per heavy atom. The van der Waals surface area contributed by atoms with Gasteiger partial charge in [-0.05, 0) is 24.1 Å². The van der Waals surface area contributed by atoms with Gasteiger partial charge in [-0.15, -0.1) is 0 Å². The Bertz CT molecular complexity index is 320. The summed E-state index contributed by atoms with van der Waals surface area (Å²) in [5.74, 6) is 0. The summed E-state index contributed by atoms with van der Waals surface area (Å²) in [6.45, 7) is 6.50. The molecule has 1 aromatic carbocycles. The van der Waals surface area contributed by atoms with Crippen LogP contribution in [-0.2, 0) is 6.54 Å². The smallest absolute Gasteiger partial charge is 0.0338 e. The average Bonchev–Trinajstić information content (AvgIpc) is 2.62. The van der Waals surface area contributed by atoms with Gasteiger partial charge in [-0.25, -0.2) is 0 Å². The SMILES string of the molecule is CC(C)NCCC1NCc2ccccc21. The van der Waals surface area contributed by atoms with Crippen LogP contribution in [0.15, 0.2) is 24.3 Å². The zero-order chi connectivity index (χ0) is 10.7. The van der Waals surface area contributed by atoms with E-state index in [1.807, 2.05) is 0 Å². The van der Waals surface area contributed by atoms with Crippen molar-refractivity contribution in [1.82, 2.24) is 10.6 Å². The van der Waals surface area contributed by atoms with Gasteiger partial charge in [0.2, 0.25) is 0 Å². The van der Waals surface area contributed by atoms with Crippen LogP contribution in [0.1, 0.15) is 37.4 Å². The summed E-state index contributed by atoms with van der Waals surface area (Å²) in [6, 6.07) is 9.85. The Morgan fingerprint density at radius 1 is 1.40 bits per heavy atom. The number of nitrogens with one attached hydrogen (secondary N) is 2. The number of fused-ring (bicyclic) bond motifs is 1. The van der Waals surface area contributed by atoms with Crippen molar-refractivity contribution in [3.63, 3.8) is 0 Å². The van der Waals surface area contributed by atoms with Crippen molar-refractivity contribution in [3.8, 4) is 0 Å². The molecule has 0 radical (unpaired) electrons. The highest BCUT2D eigenvalue weighted by atomic mass is 15.0. The van der Waals surface area contributed by atoms with Crippen molar-refractivity contribution in [2.75, 3.05) is 6.54 Å². The molecule has 1 aliphatic rings. The number of rotatable bonds is 4. The largest absolute Gasteiger partial charge is 0.314 e. The van der Waals surface area contributed by atoms with Crippen LogP contribution in [0, 0.1) is 0 Å². The maximum atomic E-state index is 3.56. The second kappa shape index (κ2) is 4.77. The number of benzene rings is 1. The van der Waals surface area contributed by atoms with Crippen molar-refractivity contribution in [3.05, 3.63) is 35.4 Å². The predicted molar refractivity (Wildman–Crippen MR) is 63.8 cm³/mol. The van der Waals surface area contributed by atoms with Crippen molar-refractivity contribution >= 4 is 0 Å². The van der Waals surface area contributed by atoms with E-state index in [9.17, 15) is 0 Å². The van der Waals surface area contributed by atoms with E-state index in [1.54, 1.807) is 0 Å². The molecule has 1 aliphatic heterocycles. The maximum absolute atomic E-state index is 3.56. The molecule has 1 aromatic rings. The van der Waals surface area contributed by atoms with E-state index in [-0.39, 0.29) is 0 Å². The average molecular weight is 204 g/mol. The maximum Gasteiger partial charge on any atom is 0.0338 e. The fourth-order valence-corrected chi connectivity index (χ4v) is 2.15. The van der Waals surface area contributed by atoms with Crippen molar-refractivity contribution < 1.29 is 0 Å². The molecule has 2 N–H and O–H groups in total. The van der Waals surface area contributed by atoms with E-state index in [2.05, 4.69) is 48.7 Å². The first-order valence-corrected chi connectivity index (χ1v) is 5.82. The zero-order valence-corrected chi connectivity index (χ0v) is 9.59. The van der Waals surface area contributed by atoms with Crippen LogP contribution in [0.3, 0.4) is 0 Å². The van der Waals surface area contributed by atoms with Gasteiger partial charge >= 0.3 is 0 Å². The molecule has 1 atom stereocenters. The summed E-state index contributed by atoms with van der Waals surface area (Å²) in [7, 11) is 0. The molecule has 2 heteroatoms. The molecule has 0 aliphatic carbocycles. The molecule has 15 heavy (non-hydrogen) atoms. The lowest BCUT2D eigenvalue weighted by molar-refractivity contribution is 0.489. The van der Waals surface area contributed by atoms with Gasteiger partial charge in [-0.1, -0.05) is 38.1 Å². The Morgan fingerprint density at radius 3 is 3.00 bits per heavy atom. The quantitative estimate of drug-likeness (QED) is 0.786. The second-order valence-corrected chi connectivity index (χ2v) is 4.53. The van der Waals surface area contributed by atoms with Crippen LogP contribution in [0.5, 0.6) is 0 Å². The molecule has 2 nitrogen and oxygen atoms in total. The summed E-state index contributed by atoms with van der Waals surface area (Å²) < 4.78 is 0. The number of hydrogen-bond acceptors (Lipinski definition) is 2. The molecule has 0 fully saturated rings.